The molecule has 3 nitrogen and oxygen atoms in total. The minimum atomic E-state index is -0.356. The highest BCUT2D eigenvalue weighted by molar-refractivity contribution is 7.80. The maximum Gasteiger partial charge on any atom is 0.236 e. The number of anilines is 1. The van der Waals surface area contributed by atoms with Crippen LogP contribution in [0.1, 0.15) is 23.1 Å². The Balaban J connectivity index is 1.89. The molecule has 0 saturated carbocycles. The van der Waals surface area contributed by atoms with Crippen molar-refractivity contribution in [1.82, 2.24) is 5.32 Å². The van der Waals surface area contributed by atoms with Crippen LogP contribution in [0.2, 0.25) is 0 Å². The second-order valence-corrected chi connectivity index (χ2v) is 6.63. The maximum absolute atomic E-state index is 12.9. The van der Waals surface area contributed by atoms with Gasteiger partial charge in [0.25, 0.3) is 0 Å². The van der Waals surface area contributed by atoms with Crippen molar-refractivity contribution in [2.45, 2.75) is 12.0 Å². The van der Waals surface area contributed by atoms with Gasteiger partial charge >= 0.3 is 0 Å². The van der Waals surface area contributed by atoms with E-state index >= 15 is 0 Å². The molecular formula is C22H18N2OS. The molecule has 1 aliphatic heterocycles. The molecule has 1 aliphatic rings. The quantitative estimate of drug-likeness (QED) is 0.703. The fraction of sp³-hybridized carbons (Fsp3) is 0.0909. The number of benzene rings is 3. The molecule has 128 valence electrons. The van der Waals surface area contributed by atoms with Crippen molar-refractivity contribution < 1.29 is 4.79 Å². The van der Waals surface area contributed by atoms with Crippen LogP contribution >= 0.6 is 12.2 Å². The van der Waals surface area contributed by atoms with Gasteiger partial charge in [0.05, 0.1) is 12.0 Å². The molecular weight excluding hydrogens is 340 g/mol. The first-order valence-electron chi connectivity index (χ1n) is 8.55. The van der Waals surface area contributed by atoms with Gasteiger partial charge < -0.3 is 10.2 Å². The molecule has 0 aromatic heterocycles. The van der Waals surface area contributed by atoms with E-state index in [1.807, 2.05) is 83.8 Å². The Labute approximate surface area is 158 Å². The number of carbonyl (C=O) groups is 1. The van der Waals surface area contributed by atoms with Crippen LogP contribution in [0, 0.1) is 0 Å². The number of nitrogens with zero attached hydrogens (tertiary/aromatic N) is 1. The van der Waals surface area contributed by atoms with E-state index in [0.29, 0.717) is 5.11 Å². The Morgan fingerprint density at radius 1 is 0.731 bits per heavy atom. The van der Waals surface area contributed by atoms with Crippen molar-refractivity contribution in [3.05, 3.63) is 102 Å². The smallest absolute Gasteiger partial charge is 0.236 e. The molecule has 26 heavy (non-hydrogen) atoms. The first-order valence-corrected chi connectivity index (χ1v) is 8.95. The Bertz CT molecular complexity index is 855. The summed E-state index contributed by atoms with van der Waals surface area (Å²) in [6, 6.07) is 29.7. The van der Waals surface area contributed by atoms with Crippen LogP contribution < -0.4 is 10.2 Å². The zero-order valence-corrected chi connectivity index (χ0v) is 14.9. The summed E-state index contributed by atoms with van der Waals surface area (Å²) < 4.78 is 0. The van der Waals surface area contributed by atoms with Gasteiger partial charge in [0.15, 0.2) is 5.11 Å². The Morgan fingerprint density at radius 3 is 1.81 bits per heavy atom. The van der Waals surface area contributed by atoms with Crippen LogP contribution in [-0.4, -0.2) is 11.0 Å². The van der Waals surface area contributed by atoms with Gasteiger partial charge in [-0.05, 0) is 35.5 Å². The molecule has 0 spiro atoms. The maximum atomic E-state index is 12.9. The second kappa shape index (κ2) is 7.10. The Kier molecular flexibility index (Phi) is 4.50. The highest BCUT2D eigenvalue weighted by Gasteiger charge is 2.42. The largest absolute Gasteiger partial charge is 0.310 e. The molecule has 2 atom stereocenters. The first kappa shape index (κ1) is 16.5. The van der Waals surface area contributed by atoms with E-state index in [-0.39, 0.29) is 17.9 Å². The number of carbonyl (C=O) groups excluding carboxylic acids is 1. The lowest BCUT2D eigenvalue weighted by molar-refractivity contribution is -0.122. The average Bonchev–Trinajstić information content (AvgIpc) is 2.69. The van der Waals surface area contributed by atoms with Crippen molar-refractivity contribution in [2.24, 2.45) is 0 Å². The lowest BCUT2D eigenvalue weighted by Gasteiger charge is -2.42. The first-order chi connectivity index (χ1) is 12.8. The molecule has 1 amide bonds. The third-order valence-electron chi connectivity index (χ3n) is 4.66. The summed E-state index contributed by atoms with van der Waals surface area (Å²) >= 11 is 5.56. The molecule has 0 aliphatic carbocycles. The Hall–Kier alpha value is -2.98. The number of amides is 1. The van der Waals surface area contributed by atoms with Crippen LogP contribution in [0.5, 0.6) is 0 Å². The van der Waals surface area contributed by atoms with Crippen LogP contribution in [0.4, 0.5) is 5.69 Å². The summed E-state index contributed by atoms with van der Waals surface area (Å²) in [5.74, 6) is -0.423. The molecule has 1 heterocycles. The molecule has 4 rings (SSSR count). The van der Waals surface area contributed by atoms with E-state index in [4.69, 9.17) is 12.2 Å². The van der Waals surface area contributed by atoms with E-state index in [9.17, 15) is 4.79 Å². The minimum absolute atomic E-state index is 0.0674. The summed E-state index contributed by atoms with van der Waals surface area (Å²) in [5.41, 5.74) is 3.00. The molecule has 4 heteroatoms. The van der Waals surface area contributed by atoms with Crippen molar-refractivity contribution in [2.75, 3.05) is 4.90 Å². The van der Waals surface area contributed by atoms with Gasteiger partial charge in [-0.3, -0.25) is 4.79 Å². The van der Waals surface area contributed by atoms with Gasteiger partial charge in [0.2, 0.25) is 5.91 Å². The van der Waals surface area contributed by atoms with Gasteiger partial charge in [-0.1, -0.05) is 78.9 Å². The van der Waals surface area contributed by atoms with Gasteiger partial charge in [-0.25, -0.2) is 0 Å². The van der Waals surface area contributed by atoms with Crippen LogP contribution in [0.3, 0.4) is 0 Å². The molecule has 1 N–H and O–H groups in total. The normalized spacial score (nSPS) is 19.9. The predicted molar refractivity (Wildman–Crippen MR) is 108 cm³/mol. The van der Waals surface area contributed by atoms with Crippen LogP contribution in [0.25, 0.3) is 0 Å². The molecule has 3 aromatic carbocycles. The van der Waals surface area contributed by atoms with E-state index in [1.54, 1.807) is 0 Å². The number of hydrogen-bond donors (Lipinski definition) is 1. The summed E-state index contributed by atoms with van der Waals surface area (Å²) in [6.07, 6.45) is 0. The molecule has 0 radical (unpaired) electrons. The SMILES string of the molecule is O=C1NC(=S)N(c2ccccc2)[C@H](c2ccccc2)[C@H]1c1ccccc1. The third-order valence-corrected chi connectivity index (χ3v) is 4.96. The van der Waals surface area contributed by atoms with E-state index in [2.05, 4.69) is 17.4 Å². The fourth-order valence-electron chi connectivity index (χ4n) is 3.51. The molecule has 3 aromatic rings. The Morgan fingerprint density at radius 2 is 1.23 bits per heavy atom. The van der Waals surface area contributed by atoms with E-state index in [0.717, 1.165) is 16.8 Å². The van der Waals surface area contributed by atoms with E-state index in [1.165, 1.54) is 0 Å². The molecule has 0 unspecified atom stereocenters. The van der Waals surface area contributed by atoms with Crippen molar-refractivity contribution in [1.29, 1.82) is 0 Å². The summed E-state index contributed by atoms with van der Waals surface area (Å²) in [4.78, 5) is 15.0. The number of rotatable bonds is 3. The van der Waals surface area contributed by atoms with Gasteiger partial charge in [-0.15, -0.1) is 0 Å². The van der Waals surface area contributed by atoms with Crippen LogP contribution in [0.15, 0.2) is 91.0 Å². The van der Waals surface area contributed by atoms with Crippen molar-refractivity contribution in [3.8, 4) is 0 Å². The average molecular weight is 358 g/mol. The molecule has 1 saturated heterocycles. The fourth-order valence-corrected chi connectivity index (χ4v) is 3.83. The number of hydrogen-bond acceptors (Lipinski definition) is 2. The van der Waals surface area contributed by atoms with Gasteiger partial charge in [0.1, 0.15) is 0 Å². The number of para-hydroxylation sites is 1. The topological polar surface area (TPSA) is 32.3 Å². The predicted octanol–water partition coefficient (Wildman–Crippen LogP) is 4.43. The van der Waals surface area contributed by atoms with Crippen molar-refractivity contribution in [3.63, 3.8) is 0 Å². The standard InChI is InChI=1S/C22H18N2OS/c25-21-19(16-10-4-1-5-11-16)20(17-12-6-2-7-13-17)24(22(26)23-21)18-14-8-3-9-15-18/h1-15,19-20H,(H,23,25,26)/t19-,20-/m1/s1. The number of nitrogens with one attached hydrogen (secondary N) is 1. The van der Waals surface area contributed by atoms with Crippen LogP contribution in [-0.2, 0) is 4.79 Å². The molecule has 1 fully saturated rings. The van der Waals surface area contributed by atoms with E-state index < -0.39 is 0 Å². The zero-order valence-electron chi connectivity index (χ0n) is 14.1. The summed E-state index contributed by atoms with van der Waals surface area (Å²) in [6.45, 7) is 0. The highest BCUT2D eigenvalue weighted by atomic mass is 32.1. The third kappa shape index (κ3) is 3.00. The van der Waals surface area contributed by atoms with Gasteiger partial charge in [-0.2, -0.15) is 0 Å². The summed E-state index contributed by atoms with van der Waals surface area (Å²) in [7, 11) is 0. The summed E-state index contributed by atoms with van der Waals surface area (Å²) in [5, 5.41) is 3.33. The lowest BCUT2D eigenvalue weighted by Crippen LogP contribution is -2.55. The van der Waals surface area contributed by atoms with Gasteiger partial charge in [0, 0.05) is 5.69 Å². The number of thiocarbonyl (C=S) groups is 1. The second-order valence-electron chi connectivity index (χ2n) is 6.24. The molecule has 0 bridgehead atoms. The minimum Gasteiger partial charge on any atom is -0.310 e. The highest BCUT2D eigenvalue weighted by Crippen LogP contribution is 2.41. The van der Waals surface area contributed by atoms with Crippen molar-refractivity contribution >= 4 is 28.9 Å². The lowest BCUT2D eigenvalue weighted by atomic mass is 9.83. The zero-order chi connectivity index (χ0) is 17.9. The monoisotopic (exact) mass is 358 g/mol.